The van der Waals surface area contributed by atoms with E-state index < -0.39 is 0 Å². The predicted octanol–water partition coefficient (Wildman–Crippen LogP) is 4.05. The summed E-state index contributed by atoms with van der Waals surface area (Å²) in [7, 11) is 0. The van der Waals surface area contributed by atoms with E-state index in [1.807, 2.05) is 6.92 Å². The van der Waals surface area contributed by atoms with Gasteiger partial charge in [0.15, 0.2) is 0 Å². The quantitative estimate of drug-likeness (QED) is 0.745. The zero-order chi connectivity index (χ0) is 17.5. The molecule has 3 heteroatoms. The average molecular weight is 337 g/mol. The summed E-state index contributed by atoms with van der Waals surface area (Å²) in [5.74, 6) is 0.0626. The first-order valence-corrected chi connectivity index (χ1v) is 9.25. The topological polar surface area (TPSA) is 29.5 Å². The first-order valence-electron chi connectivity index (χ1n) is 9.25. The molecule has 3 nitrogen and oxygen atoms in total. The fourth-order valence-corrected chi connectivity index (χ4v) is 3.51. The van der Waals surface area contributed by atoms with E-state index in [4.69, 9.17) is 4.74 Å². The van der Waals surface area contributed by atoms with Crippen molar-refractivity contribution in [2.75, 3.05) is 19.7 Å². The normalized spacial score (nSPS) is 15.9. The van der Waals surface area contributed by atoms with Crippen LogP contribution in [-0.2, 0) is 22.5 Å². The highest BCUT2D eigenvalue weighted by atomic mass is 16.5. The number of likely N-dealkylation sites (tertiary alicyclic amines) is 1. The summed E-state index contributed by atoms with van der Waals surface area (Å²) in [6, 6.07) is 19.4. The number of benzene rings is 2. The Bertz CT molecular complexity index is 675. The van der Waals surface area contributed by atoms with Gasteiger partial charge in [-0.2, -0.15) is 0 Å². The van der Waals surface area contributed by atoms with Crippen molar-refractivity contribution in [3.05, 3.63) is 71.3 Å². The number of piperidine rings is 1. The Balaban J connectivity index is 1.54. The number of carbonyl (C=O) groups excluding carboxylic acids is 1. The summed E-state index contributed by atoms with van der Waals surface area (Å²) < 4.78 is 5.15. The summed E-state index contributed by atoms with van der Waals surface area (Å²) in [6.45, 7) is 5.24. The van der Waals surface area contributed by atoms with Crippen LogP contribution in [0.5, 0.6) is 0 Å². The predicted molar refractivity (Wildman–Crippen MR) is 100 cm³/mol. The molecule has 0 N–H and O–H groups in total. The molecule has 2 aromatic carbocycles. The Kier molecular flexibility index (Phi) is 6.24. The molecule has 1 heterocycles. The van der Waals surface area contributed by atoms with E-state index in [0.717, 1.165) is 38.9 Å². The molecule has 0 amide bonds. The van der Waals surface area contributed by atoms with Gasteiger partial charge in [0.25, 0.3) is 0 Å². The Morgan fingerprint density at radius 2 is 1.68 bits per heavy atom. The van der Waals surface area contributed by atoms with Gasteiger partial charge in [0.2, 0.25) is 0 Å². The van der Waals surface area contributed by atoms with Crippen molar-refractivity contribution >= 4 is 5.97 Å². The second kappa shape index (κ2) is 8.82. The maximum Gasteiger partial charge on any atom is 0.309 e. The lowest BCUT2D eigenvalue weighted by atomic mass is 9.96. The monoisotopic (exact) mass is 337 g/mol. The minimum atomic E-state index is -0.0213. The van der Waals surface area contributed by atoms with E-state index in [0.29, 0.717) is 6.61 Å². The molecule has 0 radical (unpaired) electrons. The van der Waals surface area contributed by atoms with Gasteiger partial charge >= 0.3 is 5.97 Å². The van der Waals surface area contributed by atoms with Crippen LogP contribution < -0.4 is 0 Å². The van der Waals surface area contributed by atoms with E-state index in [2.05, 4.69) is 59.5 Å². The molecule has 1 aliphatic rings. The molecular formula is C22H27NO2. The summed E-state index contributed by atoms with van der Waals surface area (Å²) >= 11 is 0. The second-order valence-electron chi connectivity index (χ2n) is 6.78. The summed E-state index contributed by atoms with van der Waals surface area (Å²) in [6.07, 6.45) is 2.78. The molecule has 132 valence electrons. The van der Waals surface area contributed by atoms with Gasteiger partial charge in [-0.15, -0.1) is 0 Å². The maximum absolute atomic E-state index is 11.8. The Labute approximate surface area is 150 Å². The van der Waals surface area contributed by atoms with E-state index >= 15 is 0 Å². The first-order chi connectivity index (χ1) is 12.2. The molecular weight excluding hydrogens is 310 g/mol. The average Bonchev–Trinajstić information content (AvgIpc) is 2.64. The molecule has 1 fully saturated rings. The van der Waals surface area contributed by atoms with E-state index in [9.17, 15) is 4.79 Å². The lowest BCUT2D eigenvalue weighted by molar-refractivity contribution is -0.149. The molecule has 0 unspecified atom stereocenters. The van der Waals surface area contributed by atoms with E-state index in [1.165, 1.54) is 16.7 Å². The molecule has 2 aromatic rings. The Morgan fingerprint density at radius 1 is 1.00 bits per heavy atom. The van der Waals surface area contributed by atoms with Crippen LogP contribution in [0.3, 0.4) is 0 Å². The fraction of sp³-hybridized carbons (Fsp3) is 0.409. The van der Waals surface area contributed by atoms with Gasteiger partial charge in [-0.1, -0.05) is 54.6 Å². The van der Waals surface area contributed by atoms with Gasteiger partial charge in [0.1, 0.15) is 0 Å². The largest absolute Gasteiger partial charge is 0.466 e. The maximum atomic E-state index is 11.8. The second-order valence-corrected chi connectivity index (χ2v) is 6.78. The van der Waals surface area contributed by atoms with Gasteiger partial charge in [-0.05, 0) is 56.0 Å². The Morgan fingerprint density at radius 3 is 2.40 bits per heavy atom. The molecule has 1 saturated heterocycles. The van der Waals surface area contributed by atoms with Crippen LogP contribution in [0, 0.1) is 5.92 Å². The van der Waals surface area contributed by atoms with Gasteiger partial charge in [0.05, 0.1) is 12.5 Å². The van der Waals surface area contributed by atoms with Crippen LogP contribution in [0.4, 0.5) is 0 Å². The number of nitrogens with zero attached hydrogens (tertiary/aromatic N) is 1. The van der Waals surface area contributed by atoms with Gasteiger partial charge in [-0.25, -0.2) is 0 Å². The number of esters is 1. The third kappa shape index (κ3) is 5.17. The molecule has 0 aromatic heterocycles. The van der Waals surface area contributed by atoms with Crippen LogP contribution in [-0.4, -0.2) is 30.6 Å². The van der Waals surface area contributed by atoms with Crippen LogP contribution in [0.25, 0.3) is 0 Å². The van der Waals surface area contributed by atoms with E-state index in [-0.39, 0.29) is 11.9 Å². The molecule has 0 spiro atoms. The third-order valence-electron chi connectivity index (χ3n) is 4.86. The lowest BCUT2D eigenvalue weighted by Crippen LogP contribution is -2.36. The molecule has 0 saturated carbocycles. The van der Waals surface area contributed by atoms with Gasteiger partial charge < -0.3 is 4.74 Å². The smallest absolute Gasteiger partial charge is 0.309 e. The molecule has 25 heavy (non-hydrogen) atoms. The molecule has 0 atom stereocenters. The zero-order valence-electron chi connectivity index (χ0n) is 15.0. The minimum Gasteiger partial charge on any atom is -0.466 e. The molecule has 1 aliphatic heterocycles. The standard InChI is InChI=1S/C22H27NO2/c1-2-25-22(24)21-11-13-23(14-12-21)17-20-10-6-9-19(16-20)15-18-7-4-3-5-8-18/h3-10,16,21H,2,11-15,17H2,1H3. The third-order valence-corrected chi connectivity index (χ3v) is 4.86. The van der Waals surface area contributed by atoms with Crippen LogP contribution in [0.1, 0.15) is 36.5 Å². The van der Waals surface area contributed by atoms with Gasteiger partial charge in [-0.3, -0.25) is 9.69 Å². The number of hydrogen-bond acceptors (Lipinski definition) is 3. The summed E-state index contributed by atoms with van der Waals surface area (Å²) in [5.41, 5.74) is 4.04. The fourth-order valence-electron chi connectivity index (χ4n) is 3.51. The zero-order valence-corrected chi connectivity index (χ0v) is 15.0. The SMILES string of the molecule is CCOC(=O)C1CCN(Cc2cccc(Cc3ccccc3)c2)CC1. The van der Waals surface area contributed by atoms with Crippen molar-refractivity contribution in [2.24, 2.45) is 5.92 Å². The minimum absolute atomic E-state index is 0.0213. The first kappa shape index (κ1) is 17.7. The number of ether oxygens (including phenoxy) is 1. The summed E-state index contributed by atoms with van der Waals surface area (Å²) in [5, 5.41) is 0. The number of carbonyl (C=O) groups is 1. The molecule has 0 aliphatic carbocycles. The lowest BCUT2D eigenvalue weighted by Gasteiger charge is -2.30. The Hall–Kier alpha value is -2.13. The van der Waals surface area contributed by atoms with Crippen molar-refractivity contribution in [3.8, 4) is 0 Å². The highest BCUT2D eigenvalue weighted by Gasteiger charge is 2.25. The molecule has 0 bridgehead atoms. The van der Waals surface area contributed by atoms with E-state index in [1.54, 1.807) is 0 Å². The number of rotatable bonds is 6. The number of hydrogen-bond donors (Lipinski definition) is 0. The van der Waals surface area contributed by atoms with Crippen LogP contribution in [0.15, 0.2) is 54.6 Å². The molecule has 3 rings (SSSR count). The highest BCUT2D eigenvalue weighted by Crippen LogP contribution is 2.21. The van der Waals surface area contributed by atoms with Crippen molar-refractivity contribution in [1.82, 2.24) is 4.90 Å². The van der Waals surface area contributed by atoms with Crippen LogP contribution >= 0.6 is 0 Å². The summed E-state index contributed by atoms with van der Waals surface area (Å²) in [4.78, 5) is 14.3. The van der Waals surface area contributed by atoms with Crippen molar-refractivity contribution in [2.45, 2.75) is 32.7 Å². The highest BCUT2D eigenvalue weighted by molar-refractivity contribution is 5.72. The van der Waals surface area contributed by atoms with Crippen molar-refractivity contribution < 1.29 is 9.53 Å². The van der Waals surface area contributed by atoms with Crippen molar-refractivity contribution in [1.29, 1.82) is 0 Å². The van der Waals surface area contributed by atoms with Gasteiger partial charge in [0, 0.05) is 6.54 Å². The van der Waals surface area contributed by atoms with Crippen LogP contribution in [0.2, 0.25) is 0 Å². The van der Waals surface area contributed by atoms with Crippen molar-refractivity contribution in [3.63, 3.8) is 0 Å².